The Hall–Kier alpha value is -2.07. The summed E-state index contributed by atoms with van der Waals surface area (Å²) in [6.45, 7) is 6.94. The van der Waals surface area contributed by atoms with Crippen LogP contribution in [0.5, 0.6) is 0 Å². The number of benzene rings is 1. The fourth-order valence-electron chi connectivity index (χ4n) is 3.27. The Labute approximate surface area is 184 Å². The topological polar surface area (TPSA) is 79.4 Å². The van der Waals surface area contributed by atoms with E-state index in [1.54, 1.807) is 18.2 Å². The summed E-state index contributed by atoms with van der Waals surface area (Å²) in [5.41, 5.74) is 1.92. The average molecular weight is 462 g/mol. The van der Waals surface area contributed by atoms with Crippen LogP contribution in [0.15, 0.2) is 46.7 Å². The van der Waals surface area contributed by atoms with Crippen molar-refractivity contribution in [2.75, 3.05) is 11.9 Å². The number of carbonyl (C=O) groups excluding carboxylic acids is 1. The number of thiazole rings is 1. The number of amides is 1. The van der Waals surface area contributed by atoms with Crippen LogP contribution in [-0.2, 0) is 28.4 Å². The van der Waals surface area contributed by atoms with Gasteiger partial charge < -0.3 is 0 Å². The van der Waals surface area contributed by atoms with Crippen LogP contribution < -0.4 is 5.32 Å². The summed E-state index contributed by atoms with van der Waals surface area (Å²) >= 11 is 2.70. The number of hydrogen-bond acceptors (Lipinski definition) is 6. The van der Waals surface area contributed by atoms with Gasteiger partial charge in [0, 0.05) is 17.8 Å². The third kappa shape index (κ3) is 4.20. The second-order valence-corrected chi connectivity index (χ2v) is 12.2. The molecule has 1 aromatic carbocycles. The van der Waals surface area contributed by atoms with Crippen molar-refractivity contribution in [3.05, 3.63) is 62.8 Å². The SMILES string of the molecule is CC(C)(C)c1ccc(S(=O)(=O)N2CCc3nc(NC(=O)c4cccs4)sc3C2)cc1. The van der Waals surface area contributed by atoms with Crippen molar-refractivity contribution >= 4 is 43.7 Å². The predicted molar refractivity (Wildman–Crippen MR) is 121 cm³/mol. The van der Waals surface area contributed by atoms with E-state index in [0.717, 1.165) is 16.1 Å². The zero-order valence-electron chi connectivity index (χ0n) is 17.0. The zero-order valence-corrected chi connectivity index (χ0v) is 19.5. The minimum Gasteiger partial charge on any atom is -0.297 e. The van der Waals surface area contributed by atoms with Crippen LogP contribution in [-0.4, -0.2) is 30.2 Å². The molecule has 2 aromatic heterocycles. The molecule has 0 spiro atoms. The number of aromatic nitrogens is 1. The maximum Gasteiger partial charge on any atom is 0.267 e. The van der Waals surface area contributed by atoms with E-state index in [1.165, 1.54) is 27.0 Å². The maximum absolute atomic E-state index is 13.1. The number of nitrogens with one attached hydrogen (secondary N) is 1. The van der Waals surface area contributed by atoms with Crippen molar-refractivity contribution in [1.82, 2.24) is 9.29 Å². The molecule has 0 bridgehead atoms. The zero-order chi connectivity index (χ0) is 21.5. The Morgan fingerprint density at radius 2 is 1.90 bits per heavy atom. The number of nitrogens with zero attached hydrogens (tertiary/aromatic N) is 2. The Morgan fingerprint density at radius 3 is 2.53 bits per heavy atom. The minimum atomic E-state index is -3.59. The summed E-state index contributed by atoms with van der Waals surface area (Å²) in [6, 6.07) is 10.7. The summed E-state index contributed by atoms with van der Waals surface area (Å²) in [5.74, 6) is -0.195. The van der Waals surface area contributed by atoms with E-state index in [2.05, 4.69) is 31.1 Å². The van der Waals surface area contributed by atoms with Gasteiger partial charge in [-0.15, -0.1) is 22.7 Å². The number of carbonyl (C=O) groups is 1. The lowest BCUT2D eigenvalue weighted by Gasteiger charge is -2.26. The van der Waals surface area contributed by atoms with Gasteiger partial charge in [-0.3, -0.25) is 10.1 Å². The highest BCUT2D eigenvalue weighted by molar-refractivity contribution is 7.89. The first-order chi connectivity index (χ1) is 14.1. The molecule has 0 saturated heterocycles. The number of rotatable bonds is 4. The molecule has 6 nitrogen and oxygen atoms in total. The molecule has 0 fully saturated rings. The van der Waals surface area contributed by atoms with Gasteiger partial charge >= 0.3 is 0 Å². The highest BCUT2D eigenvalue weighted by Crippen LogP contribution is 2.32. The molecule has 0 unspecified atom stereocenters. The number of fused-ring (bicyclic) bond motifs is 1. The molecule has 9 heteroatoms. The largest absolute Gasteiger partial charge is 0.297 e. The van der Waals surface area contributed by atoms with Crippen LogP contribution in [0.4, 0.5) is 5.13 Å². The standard InChI is InChI=1S/C21H23N3O3S3/c1-21(2,3)14-6-8-15(9-7-14)30(26,27)24-11-10-16-18(13-24)29-20(22-16)23-19(25)17-5-4-12-28-17/h4-9,12H,10-11,13H2,1-3H3,(H,22,23,25). The van der Waals surface area contributed by atoms with E-state index in [9.17, 15) is 13.2 Å². The molecule has 0 radical (unpaired) electrons. The first-order valence-electron chi connectivity index (χ1n) is 9.59. The van der Waals surface area contributed by atoms with Gasteiger partial charge in [0.15, 0.2) is 5.13 Å². The Morgan fingerprint density at radius 1 is 1.17 bits per heavy atom. The van der Waals surface area contributed by atoms with E-state index < -0.39 is 10.0 Å². The van der Waals surface area contributed by atoms with E-state index in [4.69, 9.17) is 0 Å². The molecular formula is C21H23N3O3S3. The average Bonchev–Trinajstić information content (AvgIpc) is 3.36. The third-order valence-electron chi connectivity index (χ3n) is 5.02. The lowest BCUT2D eigenvalue weighted by molar-refractivity contribution is 0.103. The lowest BCUT2D eigenvalue weighted by Crippen LogP contribution is -2.35. The first kappa shape index (κ1) is 21.2. The van der Waals surface area contributed by atoms with Gasteiger partial charge in [0.05, 0.1) is 22.0 Å². The first-order valence-corrected chi connectivity index (χ1v) is 12.7. The van der Waals surface area contributed by atoms with Gasteiger partial charge in [-0.1, -0.05) is 39.0 Å². The molecule has 1 N–H and O–H groups in total. The summed E-state index contributed by atoms with van der Waals surface area (Å²) < 4.78 is 27.8. The minimum absolute atomic E-state index is 0.0328. The molecule has 0 aliphatic carbocycles. The van der Waals surface area contributed by atoms with Gasteiger partial charge in [0.1, 0.15) is 0 Å². The molecule has 0 atom stereocenters. The fourth-order valence-corrected chi connectivity index (χ4v) is 6.40. The number of anilines is 1. The van der Waals surface area contributed by atoms with Crippen molar-refractivity contribution in [2.45, 2.75) is 44.0 Å². The second kappa shape index (κ2) is 7.88. The van der Waals surface area contributed by atoms with E-state index in [-0.39, 0.29) is 17.9 Å². The van der Waals surface area contributed by atoms with Gasteiger partial charge in [0.2, 0.25) is 10.0 Å². The highest BCUT2D eigenvalue weighted by Gasteiger charge is 2.31. The fraction of sp³-hybridized carbons (Fsp3) is 0.333. The summed E-state index contributed by atoms with van der Waals surface area (Å²) in [7, 11) is -3.59. The van der Waals surface area contributed by atoms with Crippen molar-refractivity contribution in [3.8, 4) is 0 Å². The number of sulfonamides is 1. The molecular weight excluding hydrogens is 438 g/mol. The van der Waals surface area contributed by atoms with Gasteiger partial charge in [-0.2, -0.15) is 4.31 Å². The summed E-state index contributed by atoms with van der Waals surface area (Å²) in [4.78, 5) is 18.5. The van der Waals surface area contributed by atoms with E-state index in [1.807, 2.05) is 23.6 Å². The van der Waals surface area contributed by atoms with Crippen LogP contribution in [0.3, 0.4) is 0 Å². The third-order valence-corrected chi connectivity index (χ3v) is 8.75. The Bertz CT molecular complexity index is 1160. The highest BCUT2D eigenvalue weighted by atomic mass is 32.2. The van der Waals surface area contributed by atoms with Gasteiger partial charge in [0.25, 0.3) is 5.91 Å². The monoisotopic (exact) mass is 461 g/mol. The Kier molecular flexibility index (Phi) is 5.56. The van der Waals surface area contributed by atoms with Crippen molar-refractivity contribution in [3.63, 3.8) is 0 Å². The molecule has 158 valence electrons. The van der Waals surface area contributed by atoms with Crippen molar-refractivity contribution in [2.24, 2.45) is 0 Å². The lowest BCUT2D eigenvalue weighted by atomic mass is 9.87. The number of thiophene rings is 1. The molecule has 30 heavy (non-hydrogen) atoms. The van der Waals surface area contributed by atoms with Gasteiger partial charge in [-0.05, 0) is 34.6 Å². The van der Waals surface area contributed by atoms with Crippen LogP contribution in [0.2, 0.25) is 0 Å². The van der Waals surface area contributed by atoms with E-state index in [0.29, 0.717) is 27.9 Å². The molecule has 3 heterocycles. The summed E-state index contributed by atoms with van der Waals surface area (Å²) in [6.07, 6.45) is 0.528. The van der Waals surface area contributed by atoms with Crippen molar-refractivity contribution in [1.29, 1.82) is 0 Å². The summed E-state index contributed by atoms with van der Waals surface area (Å²) in [5, 5.41) is 5.17. The predicted octanol–water partition coefficient (Wildman–Crippen LogP) is 4.50. The quantitative estimate of drug-likeness (QED) is 0.620. The normalized spacial score (nSPS) is 15.0. The molecule has 1 amide bonds. The smallest absolute Gasteiger partial charge is 0.267 e. The van der Waals surface area contributed by atoms with Gasteiger partial charge in [-0.25, -0.2) is 13.4 Å². The van der Waals surface area contributed by atoms with Crippen LogP contribution in [0, 0.1) is 0 Å². The van der Waals surface area contributed by atoms with E-state index >= 15 is 0 Å². The van der Waals surface area contributed by atoms with Crippen LogP contribution in [0.1, 0.15) is 46.6 Å². The molecule has 1 aliphatic heterocycles. The van der Waals surface area contributed by atoms with Crippen LogP contribution >= 0.6 is 22.7 Å². The molecule has 3 aromatic rings. The Balaban J connectivity index is 1.51. The molecule has 0 saturated carbocycles. The second-order valence-electron chi connectivity index (χ2n) is 8.18. The van der Waals surface area contributed by atoms with Crippen LogP contribution in [0.25, 0.3) is 0 Å². The maximum atomic E-state index is 13.1. The number of hydrogen-bond donors (Lipinski definition) is 1. The molecule has 4 rings (SSSR count). The van der Waals surface area contributed by atoms with Crippen molar-refractivity contribution < 1.29 is 13.2 Å². The molecule has 1 aliphatic rings.